The number of furan rings is 1. The summed E-state index contributed by atoms with van der Waals surface area (Å²) in [5, 5.41) is 2.96. The van der Waals surface area contributed by atoms with Crippen LogP contribution in [0.3, 0.4) is 0 Å². The Bertz CT molecular complexity index is 660. The standard InChI is InChI=1S/C18H23N3O2/c19-10-17-9-16(13-23-17)18(22)20-11-14-5-1-2-6-15(14)12-21-7-3-4-8-21/h1-2,5-6,9,13H,3-4,7-8,10-12,19H2,(H,20,22). The number of likely N-dealkylation sites (tertiary alicyclic amines) is 1. The second-order valence-electron chi connectivity index (χ2n) is 5.94. The third kappa shape index (κ3) is 4.00. The van der Waals surface area contributed by atoms with Crippen LogP contribution in [0.4, 0.5) is 0 Å². The summed E-state index contributed by atoms with van der Waals surface area (Å²) in [5.74, 6) is 0.481. The van der Waals surface area contributed by atoms with Gasteiger partial charge in [0.1, 0.15) is 12.0 Å². The number of nitrogens with one attached hydrogen (secondary N) is 1. The number of carbonyl (C=O) groups excluding carboxylic acids is 1. The van der Waals surface area contributed by atoms with Gasteiger partial charge in [-0.2, -0.15) is 0 Å². The summed E-state index contributed by atoms with van der Waals surface area (Å²) >= 11 is 0. The molecule has 0 aliphatic carbocycles. The number of hydrogen-bond donors (Lipinski definition) is 2. The van der Waals surface area contributed by atoms with Crippen LogP contribution in [0.15, 0.2) is 41.0 Å². The third-order valence-corrected chi connectivity index (χ3v) is 4.27. The van der Waals surface area contributed by atoms with Crippen molar-refractivity contribution in [1.82, 2.24) is 10.2 Å². The van der Waals surface area contributed by atoms with E-state index in [9.17, 15) is 4.79 Å². The molecule has 1 aliphatic heterocycles. The van der Waals surface area contributed by atoms with Crippen molar-refractivity contribution in [2.45, 2.75) is 32.5 Å². The smallest absolute Gasteiger partial charge is 0.254 e. The van der Waals surface area contributed by atoms with Crippen LogP contribution >= 0.6 is 0 Å². The molecule has 122 valence electrons. The lowest BCUT2D eigenvalue weighted by atomic mass is 10.1. The fourth-order valence-corrected chi connectivity index (χ4v) is 2.95. The molecule has 3 N–H and O–H groups in total. The van der Waals surface area contributed by atoms with E-state index in [2.05, 4.69) is 28.4 Å². The third-order valence-electron chi connectivity index (χ3n) is 4.27. The van der Waals surface area contributed by atoms with Crippen LogP contribution in [0, 0.1) is 0 Å². The van der Waals surface area contributed by atoms with Crippen molar-refractivity contribution in [1.29, 1.82) is 0 Å². The molecule has 2 aromatic rings. The molecular formula is C18H23N3O2. The first kappa shape index (κ1) is 15.8. The van der Waals surface area contributed by atoms with Crippen LogP contribution in [0.25, 0.3) is 0 Å². The highest BCUT2D eigenvalue weighted by Crippen LogP contribution is 2.16. The van der Waals surface area contributed by atoms with Gasteiger partial charge in [0.15, 0.2) is 0 Å². The van der Waals surface area contributed by atoms with Gasteiger partial charge in [-0.3, -0.25) is 9.69 Å². The van der Waals surface area contributed by atoms with Crippen molar-refractivity contribution < 1.29 is 9.21 Å². The van der Waals surface area contributed by atoms with Crippen molar-refractivity contribution in [2.24, 2.45) is 5.73 Å². The Morgan fingerprint density at radius 3 is 2.65 bits per heavy atom. The molecule has 0 atom stereocenters. The summed E-state index contributed by atoms with van der Waals surface area (Å²) < 4.78 is 5.21. The number of amides is 1. The fraction of sp³-hybridized carbons (Fsp3) is 0.389. The van der Waals surface area contributed by atoms with E-state index >= 15 is 0 Å². The molecule has 5 nitrogen and oxygen atoms in total. The summed E-state index contributed by atoms with van der Waals surface area (Å²) in [6.07, 6.45) is 4.01. The molecule has 1 amide bonds. The van der Waals surface area contributed by atoms with Gasteiger partial charge in [0, 0.05) is 13.1 Å². The van der Waals surface area contributed by atoms with E-state index < -0.39 is 0 Å². The molecule has 0 saturated carbocycles. The van der Waals surface area contributed by atoms with Gasteiger partial charge in [-0.1, -0.05) is 24.3 Å². The van der Waals surface area contributed by atoms with Gasteiger partial charge in [0.25, 0.3) is 5.91 Å². The Labute approximate surface area is 136 Å². The molecular weight excluding hydrogens is 290 g/mol. The molecule has 1 aliphatic rings. The SMILES string of the molecule is NCc1cc(C(=O)NCc2ccccc2CN2CCCC2)co1. The van der Waals surface area contributed by atoms with Crippen LogP contribution in [0.5, 0.6) is 0 Å². The zero-order valence-electron chi connectivity index (χ0n) is 13.3. The molecule has 0 bridgehead atoms. The maximum Gasteiger partial charge on any atom is 0.254 e. The van der Waals surface area contributed by atoms with Gasteiger partial charge in [-0.05, 0) is 43.1 Å². The van der Waals surface area contributed by atoms with Gasteiger partial charge < -0.3 is 15.5 Å². The van der Waals surface area contributed by atoms with Crippen LogP contribution < -0.4 is 11.1 Å². The van der Waals surface area contributed by atoms with Crippen molar-refractivity contribution in [3.63, 3.8) is 0 Å². The fourth-order valence-electron chi connectivity index (χ4n) is 2.95. The minimum atomic E-state index is -0.135. The highest BCUT2D eigenvalue weighted by Gasteiger charge is 2.14. The maximum atomic E-state index is 12.2. The molecule has 1 fully saturated rings. The van der Waals surface area contributed by atoms with E-state index in [0.717, 1.165) is 25.2 Å². The second-order valence-corrected chi connectivity index (χ2v) is 5.94. The number of nitrogens with two attached hydrogens (primary N) is 1. The van der Waals surface area contributed by atoms with Crippen molar-refractivity contribution in [3.05, 3.63) is 59.0 Å². The Hall–Kier alpha value is -2.11. The van der Waals surface area contributed by atoms with Gasteiger partial charge in [-0.15, -0.1) is 0 Å². The predicted molar refractivity (Wildman–Crippen MR) is 88.7 cm³/mol. The number of nitrogens with zero attached hydrogens (tertiary/aromatic N) is 1. The molecule has 0 spiro atoms. The van der Waals surface area contributed by atoms with Crippen molar-refractivity contribution in [3.8, 4) is 0 Å². The lowest BCUT2D eigenvalue weighted by molar-refractivity contribution is 0.0950. The van der Waals surface area contributed by atoms with E-state index in [1.54, 1.807) is 6.07 Å². The number of benzene rings is 1. The summed E-state index contributed by atoms with van der Waals surface area (Å²) in [6.45, 7) is 4.10. The monoisotopic (exact) mass is 313 g/mol. The lowest BCUT2D eigenvalue weighted by Crippen LogP contribution is -2.24. The van der Waals surface area contributed by atoms with Crippen molar-refractivity contribution >= 4 is 5.91 Å². The Morgan fingerprint density at radius 1 is 1.22 bits per heavy atom. The topological polar surface area (TPSA) is 71.5 Å². The number of hydrogen-bond acceptors (Lipinski definition) is 4. The molecule has 1 aromatic heterocycles. The van der Waals surface area contributed by atoms with E-state index in [1.807, 2.05) is 6.07 Å². The first-order valence-corrected chi connectivity index (χ1v) is 8.11. The van der Waals surface area contributed by atoms with E-state index in [4.69, 9.17) is 10.2 Å². The minimum Gasteiger partial charge on any atom is -0.467 e. The lowest BCUT2D eigenvalue weighted by Gasteiger charge is -2.17. The Balaban J connectivity index is 1.62. The summed E-state index contributed by atoms with van der Waals surface area (Å²) in [7, 11) is 0. The van der Waals surface area contributed by atoms with Gasteiger partial charge in [-0.25, -0.2) is 0 Å². The maximum absolute atomic E-state index is 12.2. The Morgan fingerprint density at radius 2 is 1.96 bits per heavy atom. The first-order chi connectivity index (χ1) is 11.3. The Kier molecular flexibility index (Phi) is 5.10. The van der Waals surface area contributed by atoms with Crippen LogP contribution in [0.2, 0.25) is 0 Å². The predicted octanol–water partition coefficient (Wildman–Crippen LogP) is 2.26. The van der Waals surface area contributed by atoms with E-state index in [-0.39, 0.29) is 5.91 Å². The van der Waals surface area contributed by atoms with Crippen molar-refractivity contribution in [2.75, 3.05) is 13.1 Å². The average Bonchev–Trinajstić information content (AvgIpc) is 3.25. The highest BCUT2D eigenvalue weighted by atomic mass is 16.3. The molecule has 3 rings (SSSR count). The van der Waals surface area contributed by atoms with Gasteiger partial charge >= 0.3 is 0 Å². The molecule has 23 heavy (non-hydrogen) atoms. The normalized spacial score (nSPS) is 15.0. The largest absolute Gasteiger partial charge is 0.467 e. The molecule has 2 heterocycles. The van der Waals surface area contributed by atoms with Gasteiger partial charge in [0.05, 0.1) is 12.1 Å². The summed E-state index contributed by atoms with van der Waals surface area (Å²) in [5.41, 5.74) is 8.46. The molecule has 1 aromatic carbocycles. The van der Waals surface area contributed by atoms with Gasteiger partial charge in [0.2, 0.25) is 0 Å². The van der Waals surface area contributed by atoms with Crippen LogP contribution in [0.1, 0.15) is 40.1 Å². The molecule has 0 radical (unpaired) electrons. The van der Waals surface area contributed by atoms with E-state index in [0.29, 0.717) is 24.4 Å². The van der Waals surface area contributed by atoms with Crippen LogP contribution in [-0.4, -0.2) is 23.9 Å². The number of carbonyl (C=O) groups is 1. The minimum absolute atomic E-state index is 0.135. The summed E-state index contributed by atoms with van der Waals surface area (Å²) in [6, 6.07) is 9.97. The summed E-state index contributed by atoms with van der Waals surface area (Å²) in [4.78, 5) is 14.6. The molecule has 1 saturated heterocycles. The highest BCUT2D eigenvalue weighted by molar-refractivity contribution is 5.93. The zero-order chi connectivity index (χ0) is 16.1. The zero-order valence-corrected chi connectivity index (χ0v) is 13.3. The number of rotatable bonds is 6. The quantitative estimate of drug-likeness (QED) is 0.858. The molecule has 5 heteroatoms. The van der Waals surface area contributed by atoms with Crippen LogP contribution in [-0.2, 0) is 19.6 Å². The van der Waals surface area contributed by atoms with E-state index in [1.165, 1.54) is 24.7 Å². The first-order valence-electron chi connectivity index (χ1n) is 8.11. The average molecular weight is 313 g/mol. The molecule has 0 unspecified atom stereocenters. The second kappa shape index (κ2) is 7.44.